The Balaban J connectivity index is 2.21. The molecule has 9 unspecified atom stereocenters. The van der Waals surface area contributed by atoms with Gasteiger partial charge in [-0.3, -0.25) is 19.2 Å². The topological polar surface area (TPSA) is 222 Å². The van der Waals surface area contributed by atoms with Gasteiger partial charge in [0.25, 0.3) is 5.91 Å². The van der Waals surface area contributed by atoms with Gasteiger partial charge >= 0.3 is 0 Å². The molecule has 12 heteroatoms. The molecule has 0 spiro atoms. The first-order valence-electron chi connectivity index (χ1n) is 15.4. The number of allylic oxidation sites excluding steroid dienone is 5. The molecule has 1 aromatic rings. The minimum atomic E-state index is -1.91. The normalized spacial score (nSPS) is 36.1. The van der Waals surface area contributed by atoms with Crippen LogP contribution in [0, 0.1) is 30.6 Å². The number of rotatable bonds is 1. The van der Waals surface area contributed by atoms with Crippen LogP contribution in [0.15, 0.2) is 53.3 Å². The smallest absolute Gasteiger partial charge is 0.251 e. The highest BCUT2D eigenvalue weighted by molar-refractivity contribution is 6.30. The van der Waals surface area contributed by atoms with Crippen LogP contribution in [0.2, 0.25) is 0 Å². The molecule has 0 radical (unpaired) electrons. The predicted molar refractivity (Wildman–Crippen MR) is 171 cm³/mol. The number of ketones is 3. The number of phenols is 1. The molecule has 47 heavy (non-hydrogen) atoms. The fourth-order valence-electron chi connectivity index (χ4n) is 6.08. The third kappa shape index (κ3) is 7.53. The molecular weight excluding hydrogens is 610 g/mol. The second-order valence-corrected chi connectivity index (χ2v) is 13.0. The third-order valence-electron chi connectivity index (χ3n) is 9.38. The largest absolute Gasteiger partial charge is 0.507 e. The van der Waals surface area contributed by atoms with Crippen molar-refractivity contribution in [2.45, 2.75) is 78.5 Å². The second-order valence-electron chi connectivity index (χ2n) is 13.0. The molecule has 0 fully saturated rings. The average Bonchev–Trinajstić information content (AvgIpc) is 3.03. The van der Waals surface area contributed by atoms with Gasteiger partial charge in [-0.2, -0.15) is 0 Å². The summed E-state index contributed by atoms with van der Waals surface area (Å²) in [6.45, 7) is 9.26. The van der Waals surface area contributed by atoms with Crippen molar-refractivity contribution in [1.82, 2.24) is 5.32 Å². The van der Waals surface area contributed by atoms with Crippen molar-refractivity contribution < 1.29 is 54.9 Å². The Morgan fingerprint density at radius 3 is 2.00 bits per heavy atom. The van der Waals surface area contributed by atoms with Gasteiger partial charge in [-0.15, -0.1) is 0 Å². The number of Topliss-reactive ketones (excluding diaryl/α,β-unsaturated/α-hetero) is 2. The van der Waals surface area contributed by atoms with Gasteiger partial charge in [0.2, 0.25) is 5.78 Å². The summed E-state index contributed by atoms with van der Waals surface area (Å²) >= 11 is 0. The summed E-state index contributed by atoms with van der Waals surface area (Å²) in [4.78, 5) is 53.5. The van der Waals surface area contributed by atoms with Gasteiger partial charge in [0, 0.05) is 46.4 Å². The third-order valence-corrected chi connectivity index (χ3v) is 9.38. The number of phenolic OH excluding ortho intramolecular Hbond substituents is 1. The first-order valence-corrected chi connectivity index (χ1v) is 15.4. The van der Waals surface area contributed by atoms with Gasteiger partial charge in [-0.1, -0.05) is 45.1 Å². The van der Waals surface area contributed by atoms with Crippen LogP contribution in [0.3, 0.4) is 0 Å². The number of aryl methyl sites for hydroxylation is 1. The first kappa shape index (κ1) is 37.7. The summed E-state index contributed by atoms with van der Waals surface area (Å²) in [6.07, 6.45) is 0.156. The summed E-state index contributed by atoms with van der Waals surface area (Å²) in [7, 11) is 0. The lowest BCUT2D eigenvalue weighted by atomic mass is 9.76. The van der Waals surface area contributed by atoms with Crippen LogP contribution in [0.25, 0.3) is 0 Å². The number of fused-ring (bicyclic) bond motifs is 15. The molecule has 2 aliphatic heterocycles. The van der Waals surface area contributed by atoms with Gasteiger partial charge in [0.1, 0.15) is 11.4 Å². The maximum atomic E-state index is 13.7. The molecule has 4 rings (SSSR count). The van der Waals surface area contributed by atoms with Crippen molar-refractivity contribution in [2.24, 2.45) is 23.7 Å². The maximum Gasteiger partial charge on any atom is 0.251 e. The van der Waals surface area contributed by atoms with E-state index in [1.165, 1.54) is 78.8 Å². The summed E-state index contributed by atoms with van der Waals surface area (Å²) in [6, 6.07) is 1.24. The minimum Gasteiger partial charge on any atom is -0.507 e. The lowest BCUT2D eigenvalue weighted by Gasteiger charge is -2.38. The molecule has 1 aromatic carbocycles. The molecule has 256 valence electrons. The lowest BCUT2D eigenvalue weighted by Crippen LogP contribution is -2.50. The van der Waals surface area contributed by atoms with E-state index in [1.807, 2.05) is 0 Å². The zero-order chi connectivity index (χ0) is 35.7. The second kappa shape index (κ2) is 14.5. The highest BCUT2D eigenvalue weighted by Gasteiger charge is 2.41. The van der Waals surface area contributed by atoms with Gasteiger partial charge in [-0.05, 0) is 44.9 Å². The van der Waals surface area contributed by atoms with Crippen molar-refractivity contribution in [3.05, 3.63) is 75.5 Å². The Morgan fingerprint density at radius 1 is 0.830 bits per heavy atom. The Kier molecular flexibility index (Phi) is 11.7. The molecule has 0 saturated heterocycles. The number of nitrogens with one attached hydrogen (secondary N) is 1. The highest BCUT2D eigenvalue weighted by Crippen LogP contribution is 2.36. The molecule has 3 aliphatic rings. The van der Waals surface area contributed by atoms with Crippen molar-refractivity contribution >= 4 is 23.3 Å². The maximum absolute atomic E-state index is 13.7. The van der Waals surface area contributed by atoms with Crippen molar-refractivity contribution in [3.8, 4) is 5.75 Å². The molecule has 0 saturated carbocycles. The molecule has 1 amide bonds. The molecule has 1 aliphatic carbocycles. The van der Waals surface area contributed by atoms with Crippen LogP contribution in [0.4, 0.5) is 0 Å². The van der Waals surface area contributed by atoms with E-state index in [9.17, 15) is 54.9 Å². The first-order chi connectivity index (χ1) is 21.8. The fraction of sp³-hybridized carbons (Fsp3) is 0.486. The summed E-state index contributed by atoms with van der Waals surface area (Å²) in [5, 5.41) is 78.8. The standard InChI is InChI=1S/C35H45NO11/c1-15-9-8-10-35(7,47)33(45)20(6)30(42)18(4)29(41)19(5)31(43)21(14-37)11-16(2)27(39)26-25-22(12-17(3)28(26)40)32(44)23(13-24(25)38)36-34(15)46/h8-13,18-21,29-31,33,37,40-43,45,47H,14H2,1-7H3,(H,36,46)/b10-8-,15-9-,16-11-. The van der Waals surface area contributed by atoms with E-state index in [0.717, 1.165) is 6.08 Å². The number of aliphatic hydroxyl groups excluding tert-OH is 5. The molecule has 4 bridgehead atoms. The number of hydrogen-bond donors (Lipinski definition) is 8. The number of aliphatic hydroxyl groups is 6. The SMILES string of the molecule is C/C1=C/C=C\C(C)(O)C(O)C(C)C(O)C(C)C(O)C(C)C(O)C(CO)/C=C(/C)C(=O)c2c(O)c(C)cc3c2C(=O)C=C(NC1=O)C3=O. The van der Waals surface area contributed by atoms with E-state index in [2.05, 4.69) is 5.32 Å². The lowest BCUT2D eigenvalue weighted by molar-refractivity contribution is -0.116. The molecule has 12 nitrogen and oxygen atoms in total. The number of hydrogen-bond acceptors (Lipinski definition) is 11. The van der Waals surface area contributed by atoms with E-state index in [4.69, 9.17) is 0 Å². The number of benzene rings is 1. The fourth-order valence-corrected chi connectivity index (χ4v) is 6.08. The number of carbonyl (C=O) groups is 4. The molecular formula is C35H45NO11. The Morgan fingerprint density at radius 2 is 1.40 bits per heavy atom. The number of amides is 1. The zero-order valence-corrected chi connectivity index (χ0v) is 27.6. The van der Waals surface area contributed by atoms with Crippen LogP contribution in [-0.2, 0) is 4.79 Å². The Labute approximate surface area is 273 Å². The van der Waals surface area contributed by atoms with Crippen molar-refractivity contribution in [1.29, 1.82) is 0 Å². The van der Waals surface area contributed by atoms with Crippen LogP contribution in [0.5, 0.6) is 5.75 Å². The van der Waals surface area contributed by atoms with E-state index in [1.54, 1.807) is 0 Å². The van der Waals surface area contributed by atoms with Crippen molar-refractivity contribution in [2.75, 3.05) is 6.61 Å². The number of carbonyl (C=O) groups excluding carboxylic acids is 4. The monoisotopic (exact) mass is 655 g/mol. The molecule has 8 N–H and O–H groups in total. The molecule has 0 aromatic heterocycles. The summed E-state index contributed by atoms with van der Waals surface area (Å²) in [5.41, 5.74) is -3.24. The molecule has 2 heterocycles. The van der Waals surface area contributed by atoms with Gasteiger partial charge in [0.05, 0.1) is 42.3 Å². The van der Waals surface area contributed by atoms with E-state index >= 15 is 0 Å². The Bertz CT molecular complexity index is 1570. The van der Waals surface area contributed by atoms with Crippen molar-refractivity contribution in [3.63, 3.8) is 0 Å². The Hall–Kier alpha value is -3.78. The summed E-state index contributed by atoms with van der Waals surface area (Å²) in [5.74, 6) is -7.82. The predicted octanol–water partition coefficient (Wildman–Crippen LogP) is 1.44. The average molecular weight is 656 g/mol. The van der Waals surface area contributed by atoms with E-state index in [-0.39, 0.29) is 33.5 Å². The van der Waals surface area contributed by atoms with Crippen LogP contribution < -0.4 is 5.32 Å². The van der Waals surface area contributed by atoms with E-state index in [0.29, 0.717) is 0 Å². The quantitative estimate of drug-likeness (QED) is 0.216. The van der Waals surface area contributed by atoms with Gasteiger partial charge in [-0.25, -0.2) is 0 Å². The molecule has 9 atom stereocenters. The zero-order valence-electron chi connectivity index (χ0n) is 27.6. The highest BCUT2D eigenvalue weighted by atomic mass is 16.3. The summed E-state index contributed by atoms with van der Waals surface area (Å²) < 4.78 is 0. The van der Waals surface area contributed by atoms with Crippen LogP contribution in [0.1, 0.15) is 78.2 Å². The minimum absolute atomic E-state index is 0.0613. The van der Waals surface area contributed by atoms with Gasteiger partial charge in [0.15, 0.2) is 11.6 Å². The number of aromatic hydroxyl groups is 1. The van der Waals surface area contributed by atoms with E-state index < -0.39 is 94.9 Å². The van der Waals surface area contributed by atoms with Gasteiger partial charge < -0.3 is 41.1 Å². The van der Waals surface area contributed by atoms with Crippen LogP contribution >= 0.6 is 0 Å². The van der Waals surface area contributed by atoms with Crippen LogP contribution in [-0.4, -0.2) is 95.6 Å².